The van der Waals surface area contributed by atoms with Crippen LogP contribution in [-0.4, -0.2) is 37.5 Å². The predicted octanol–water partition coefficient (Wildman–Crippen LogP) is 3.27. The first kappa shape index (κ1) is 21.9. The van der Waals surface area contributed by atoms with Crippen LogP contribution in [0, 0.1) is 5.92 Å². The third-order valence-electron chi connectivity index (χ3n) is 4.25. The van der Waals surface area contributed by atoms with Gasteiger partial charge in [0.2, 0.25) is 5.91 Å². The van der Waals surface area contributed by atoms with Gasteiger partial charge in [0.15, 0.2) is 0 Å². The minimum Gasteiger partial charge on any atom is -0.497 e. The molecule has 0 heterocycles. The van der Waals surface area contributed by atoms with Crippen LogP contribution in [0.3, 0.4) is 0 Å². The Morgan fingerprint density at radius 2 is 1.52 bits per heavy atom. The number of esters is 1. The van der Waals surface area contributed by atoms with Crippen LogP contribution in [0.4, 0.5) is 5.69 Å². The van der Waals surface area contributed by atoms with Gasteiger partial charge in [-0.25, -0.2) is 4.79 Å². The first-order valence-electron chi connectivity index (χ1n) is 9.38. The predicted molar refractivity (Wildman–Crippen MR) is 110 cm³/mol. The molecule has 2 amide bonds. The van der Waals surface area contributed by atoms with Crippen molar-refractivity contribution < 1.29 is 23.9 Å². The van der Waals surface area contributed by atoms with Crippen LogP contribution in [0.2, 0.25) is 0 Å². The molecule has 0 spiro atoms. The van der Waals surface area contributed by atoms with E-state index in [9.17, 15) is 14.4 Å². The van der Waals surface area contributed by atoms with Gasteiger partial charge in [-0.1, -0.05) is 13.8 Å². The van der Waals surface area contributed by atoms with E-state index in [0.29, 0.717) is 29.2 Å². The van der Waals surface area contributed by atoms with Crippen molar-refractivity contribution in [3.63, 3.8) is 0 Å². The summed E-state index contributed by atoms with van der Waals surface area (Å²) in [4.78, 5) is 36.9. The number of carbonyl (C=O) groups is 3. The number of methoxy groups -OCH3 is 1. The number of carbonyl (C=O) groups excluding carboxylic acids is 3. The van der Waals surface area contributed by atoms with Crippen LogP contribution in [0.25, 0.3) is 0 Å². The quantitative estimate of drug-likeness (QED) is 0.666. The highest BCUT2D eigenvalue weighted by Crippen LogP contribution is 2.14. The van der Waals surface area contributed by atoms with Gasteiger partial charge in [0, 0.05) is 11.3 Å². The molecule has 0 unspecified atom stereocenters. The second kappa shape index (κ2) is 10.3. The lowest BCUT2D eigenvalue weighted by Crippen LogP contribution is -2.47. The average Bonchev–Trinajstić information content (AvgIpc) is 2.72. The fraction of sp³-hybridized carbons (Fsp3) is 0.318. The molecule has 0 aliphatic carbocycles. The largest absolute Gasteiger partial charge is 0.497 e. The van der Waals surface area contributed by atoms with Crippen molar-refractivity contribution in [2.24, 2.45) is 5.92 Å². The molecule has 2 rings (SSSR count). The van der Waals surface area contributed by atoms with Gasteiger partial charge in [0.05, 0.1) is 19.3 Å². The standard InChI is InChI=1S/C22H26N2O5/c1-5-29-22(27)16-6-10-17(11-7-16)23-21(26)19(14(2)3)24-20(25)15-8-12-18(28-4)13-9-15/h6-14,19H,5H2,1-4H3,(H,23,26)(H,24,25)/t19-/m0/s1. The highest BCUT2D eigenvalue weighted by atomic mass is 16.5. The zero-order valence-corrected chi connectivity index (χ0v) is 17.0. The van der Waals surface area contributed by atoms with E-state index in [4.69, 9.17) is 9.47 Å². The second-order valence-corrected chi connectivity index (χ2v) is 6.71. The molecule has 7 heteroatoms. The van der Waals surface area contributed by atoms with Crippen molar-refractivity contribution in [3.05, 3.63) is 59.7 Å². The number of rotatable bonds is 8. The van der Waals surface area contributed by atoms with Gasteiger partial charge < -0.3 is 20.1 Å². The van der Waals surface area contributed by atoms with Crippen LogP contribution in [0.15, 0.2) is 48.5 Å². The Labute approximate surface area is 170 Å². The van der Waals surface area contributed by atoms with E-state index in [1.807, 2.05) is 13.8 Å². The number of hydrogen-bond donors (Lipinski definition) is 2. The van der Waals surface area contributed by atoms with Crippen molar-refractivity contribution in [2.75, 3.05) is 19.0 Å². The van der Waals surface area contributed by atoms with Crippen LogP contribution in [0.5, 0.6) is 5.75 Å². The van der Waals surface area contributed by atoms with Gasteiger partial charge in [-0.05, 0) is 61.4 Å². The SMILES string of the molecule is CCOC(=O)c1ccc(NC(=O)[C@@H](NC(=O)c2ccc(OC)cc2)C(C)C)cc1. The number of benzene rings is 2. The summed E-state index contributed by atoms with van der Waals surface area (Å²) in [5, 5.41) is 5.54. The molecule has 2 aromatic rings. The molecule has 29 heavy (non-hydrogen) atoms. The smallest absolute Gasteiger partial charge is 0.338 e. The van der Waals surface area contributed by atoms with Gasteiger partial charge >= 0.3 is 5.97 Å². The van der Waals surface area contributed by atoms with E-state index in [-0.39, 0.29) is 17.7 Å². The first-order chi connectivity index (χ1) is 13.8. The summed E-state index contributed by atoms with van der Waals surface area (Å²) in [5.74, 6) is -0.593. The van der Waals surface area contributed by atoms with Gasteiger partial charge in [-0.15, -0.1) is 0 Å². The first-order valence-corrected chi connectivity index (χ1v) is 9.38. The van der Waals surface area contributed by atoms with E-state index in [1.54, 1.807) is 62.6 Å². The molecule has 0 bridgehead atoms. The van der Waals surface area contributed by atoms with E-state index < -0.39 is 12.0 Å². The highest BCUT2D eigenvalue weighted by molar-refractivity contribution is 6.01. The molecule has 2 N–H and O–H groups in total. The van der Waals surface area contributed by atoms with Crippen LogP contribution in [-0.2, 0) is 9.53 Å². The van der Waals surface area contributed by atoms with E-state index in [0.717, 1.165) is 0 Å². The van der Waals surface area contributed by atoms with Gasteiger partial charge in [-0.3, -0.25) is 9.59 Å². The Bertz CT molecular complexity index is 845. The van der Waals surface area contributed by atoms with E-state index >= 15 is 0 Å². The molecule has 0 aliphatic heterocycles. The molecule has 0 fully saturated rings. The summed E-state index contributed by atoms with van der Waals surface area (Å²) in [6.07, 6.45) is 0. The lowest BCUT2D eigenvalue weighted by atomic mass is 10.0. The van der Waals surface area contributed by atoms with Gasteiger partial charge in [-0.2, -0.15) is 0 Å². The number of ether oxygens (including phenoxy) is 2. The molecule has 0 saturated carbocycles. The molecule has 7 nitrogen and oxygen atoms in total. The van der Waals surface area contributed by atoms with Crippen molar-refractivity contribution >= 4 is 23.5 Å². The Morgan fingerprint density at radius 1 is 0.931 bits per heavy atom. The van der Waals surface area contributed by atoms with Crippen molar-refractivity contribution in [2.45, 2.75) is 26.8 Å². The maximum atomic E-state index is 12.7. The topological polar surface area (TPSA) is 93.7 Å². The normalized spacial score (nSPS) is 11.5. The van der Waals surface area contributed by atoms with E-state index in [1.165, 1.54) is 0 Å². The summed E-state index contributed by atoms with van der Waals surface area (Å²) in [5.41, 5.74) is 1.36. The Hall–Kier alpha value is -3.35. The van der Waals surface area contributed by atoms with Crippen molar-refractivity contribution in [1.29, 1.82) is 0 Å². The number of amides is 2. The summed E-state index contributed by atoms with van der Waals surface area (Å²) >= 11 is 0. The maximum Gasteiger partial charge on any atom is 0.338 e. The Kier molecular flexibility index (Phi) is 7.77. The molecule has 1 atom stereocenters. The summed E-state index contributed by atoms with van der Waals surface area (Å²) in [6, 6.07) is 12.3. The molecule has 0 radical (unpaired) electrons. The van der Waals surface area contributed by atoms with Crippen LogP contribution >= 0.6 is 0 Å². The summed E-state index contributed by atoms with van der Waals surface area (Å²) in [6.45, 7) is 5.73. The molecular weight excluding hydrogens is 372 g/mol. The number of nitrogens with one attached hydrogen (secondary N) is 2. The van der Waals surface area contributed by atoms with Crippen molar-refractivity contribution in [3.8, 4) is 5.75 Å². The fourth-order valence-corrected chi connectivity index (χ4v) is 2.63. The zero-order valence-electron chi connectivity index (χ0n) is 17.0. The van der Waals surface area contributed by atoms with E-state index in [2.05, 4.69) is 10.6 Å². The summed E-state index contributed by atoms with van der Waals surface area (Å²) in [7, 11) is 1.55. The molecule has 0 saturated heterocycles. The van der Waals surface area contributed by atoms with Crippen molar-refractivity contribution in [1.82, 2.24) is 5.32 Å². The second-order valence-electron chi connectivity index (χ2n) is 6.71. The van der Waals surface area contributed by atoms with Crippen LogP contribution in [0.1, 0.15) is 41.5 Å². The number of hydrogen-bond acceptors (Lipinski definition) is 5. The lowest BCUT2D eigenvalue weighted by molar-refractivity contribution is -0.118. The summed E-state index contributed by atoms with van der Waals surface area (Å²) < 4.78 is 10.0. The van der Waals surface area contributed by atoms with Gasteiger partial charge in [0.1, 0.15) is 11.8 Å². The molecule has 154 valence electrons. The molecule has 0 aromatic heterocycles. The zero-order chi connectivity index (χ0) is 21.4. The lowest BCUT2D eigenvalue weighted by Gasteiger charge is -2.22. The highest BCUT2D eigenvalue weighted by Gasteiger charge is 2.25. The third-order valence-corrected chi connectivity index (χ3v) is 4.25. The Morgan fingerprint density at radius 3 is 2.03 bits per heavy atom. The fourth-order valence-electron chi connectivity index (χ4n) is 2.63. The Balaban J connectivity index is 2.04. The average molecular weight is 398 g/mol. The minimum atomic E-state index is -0.727. The van der Waals surface area contributed by atoms with Crippen LogP contribution < -0.4 is 15.4 Å². The molecule has 0 aliphatic rings. The molecular formula is C22H26N2O5. The molecule has 2 aromatic carbocycles. The number of anilines is 1. The minimum absolute atomic E-state index is 0.129. The maximum absolute atomic E-state index is 12.7. The monoisotopic (exact) mass is 398 g/mol. The third kappa shape index (κ3) is 6.07. The van der Waals surface area contributed by atoms with Gasteiger partial charge in [0.25, 0.3) is 5.91 Å².